The predicted molar refractivity (Wildman–Crippen MR) is 65.1 cm³/mol. The number of imidazole rings is 1. The molecule has 19 heavy (non-hydrogen) atoms. The summed E-state index contributed by atoms with van der Waals surface area (Å²) in [6.07, 6.45) is 0.870. The van der Waals surface area contributed by atoms with Crippen molar-refractivity contribution in [1.29, 1.82) is 0 Å². The van der Waals surface area contributed by atoms with Crippen molar-refractivity contribution in [2.24, 2.45) is 0 Å². The summed E-state index contributed by atoms with van der Waals surface area (Å²) in [6.45, 7) is 0. The molecule has 0 aliphatic rings. The van der Waals surface area contributed by atoms with Gasteiger partial charge in [0.05, 0.1) is 13.3 Å². The minimum atomic E-state index is -4.83. The van der Waals surface area contributed by atoms with Crippen LogP contribution in [0.4, 0.5) is 0 Å². The Kier molecular flexibility index (Phi) is 3.30. The molecule has 11 heteroatoms. The Hall–Kier alpha value is -1.21. The van der Waals surface area contributed by atoms with E-state index in [1.807, 2.05) is 0 Å². The molecule has 0 saturated carbocycles. The molecule has 104 valence electrons. The zero-order chi connectivity index (χ0) is 14.4. The van der Waals surface area contributed by atoms with E-state index < -0.39 is 26.1 Å². The third kappa shape index (κ3) is 2.44. The summed E-state index contributed by atoms with van der Waals surface area (Å²) in [5, 5.41) is 0. The lowest BCUT2D eigenvalue weighted by Crippen LogP contribution is -2.25. The zero-order valence-corrected chi connectivity index (χ0v) is 11.3. The maximum atomic E-state index is 11.5. The van der Waals surface area contributed by atoms with Gasteiger partial charge in [-0.25, -0.2) is 4.98 Å². The molecule has 0 aliphatic carbocycles. The minimum Gasteiger partial charge on any atom is -0.494 e. The van der Waals surface area contributed by atoms with Gasteiger partial charge in [-0.2, -0.15) is 0 Å². The Morgan fingerprint density at radius 3 is 2.26 bits per heavy atom. The fourth-order valence-electron chi connectivity index (χ4n) is 1.66. The van der Waals surface area contributed by atoms with Crippen LogP contribution in [0, 0.1) is 0 Å². The smallest absolute Gasteiger partial charge is 0.376 e. The monoisotopic (exact) mass is 308 g/mol. The highest BCUT2D eigenvalue weighted by molar-refractivity contribution is 7.61. The standard InChI is InChI=1S/C8H10N2O7P2/c1-17-5-2-3-6-9-4-7(18(11,12)13)10(6)8(5)19(14,15)16/h2-4H,1H3,(H2,11,12,13)(H2,14,15,16). The lowest BCUT2D eigenvalue weighted by atomic mass is 10.4. The Bertz CT molecular complexity index is 728. The molecule has 2 aromatic rings. The second kappa shape index (κ2) is 4.42. The van der Waals surface area contributed by atoms with Crippen LogP contribution in [0.2, 0.25) is 0 Å². The number of hydrogen-bond donors (Lipinski definition) is 4. The highest BCUT2D eigenvalue weighted by atomic mass is 31.2. The molecule has 0 aromatic carbocycles. The number of ether oxygens (including phenoxy) is 1. The second-order valence-corrected chi connectivity index (χ2v) is 6.68. The summed E-state index contributed by atoms with van der Waals surface area (Å²) in [6, 6.07) is 2.59. The van der Waals surface area contributed by atoms with Crippen molar-refractivity contribution in [3.8, 4) is 5.75 Å². The Morgan fingerprint density at radius 1 is 1.16 bits per heavy atom. The van der Waals surface area contributed by atoms with Gasteiger partial charge in [0.1, 0.15) is 5.65 Å². The van der Waals surface area contributed by atoms with Crippen molar-refractivity contribution in [2.45, 2.75) is 0 Å². The van der Waals surface area contributed by atoms with Gasteiger partial charge in [-0.15, -0.1) is 0 Å². The maximum Gasteiger partial charge on any atom is 0.376 e. The van der Waals surface area contributed by atoms with Gasteiger partial charge in [0.2, 0.25) is 0 Å². The molecule has 0 unspecified atom stereocenters. The van der Waals surface area contributed by atoms with Crippen molar-refractivity contribution in [2.75, 3.05) is 7.11 Å². The third-order valence-electron chi connectivity index (χ3n) is 2.38. The molecule has 0 radical (unpaired) electrons. The average molecular weight is 308 g/mol. The summed E-state index contributed by atoms with van der Waals surface area (Å²) in [4.78, 5) is 40.8. The molecule has 0 aliphatic heterocycles. The van der Waals surface area contributed by atoms with Crippen LogP contribution in [0.15, 0.2) is 18.3 Å². The Labute approximate surface area is 106 Å². The zero-order valence-electron chi connectivity index (χ0n) is 9.53. The Balaban J connectivity index is 2.99. The lowest BCUT2D eigenvalue weighted by molar-refractivity contribution is 0.378. The van der Waals surface area contributed by atoms with Crippen molar-refractivity contribution in [3.63, 3.8) is 0 Å². The molecule has 0 spiro atoms. The van der Waals surface area contributed by atoms with Gasteiger partial charge in [-0.1, -0.05) is 0 Å². The van der Waals surface area contributed by atoms with Crippen molar-refractivity contribution in [3.05, 3.63) is 18.3 Å². The van der Waals surface area contributed by atoms with Crippen molar-refractivity contribution < 1.29 is 33.4 Å². The highest BCUT2D eigenvalue weighted by Crippen LogP contribution is 2.40. The van der Waals surface area contributed by atoms with Gasteiger partial charge >= 0.3 is 15.2 Å². The highest BCUT2D eigenvalue weighted by Gasteiger charge is 2.32. The van der Waals surface area contributed by atoms with E-state index in [0.29, 0.717) is 0 Å². The summed E-state index contributed by atoms with van der Waals surface area (Å²) in [5.74, 6) is -0.187. The normalized spacial score (nSPS) is 12.9. The van der Waals surface area contributed by atoms with Crippen LogP contribution in [0.3, 0.4) is 0 Å². The van der Waals surface area contributed by atoms with Gasteiger partial charge in [0.25, 0.3) is 0 Å². The number of nitrogens with zero attached hydrogens (tertiary/aromatic N) is 2. The van der Waals surface area contributed by atoms with E-state index in [2.05, 4.69) is 4.98 Å². The van der Waals surface area contributed by atoms with E-state index in [1.54, 1.807) is 0 Å². The molecule has 0 fully saturated rings. The van der Waals surface area contributed by atoms with Crippen molar-refractivity contribution >= 4 is 31.7 Å². The largest absolute Gasteiger partial charge is 0.494 e. The first-order valence-electron chi connectivity index (χ1n) is 4.83. The first-order chi connectivity index (χ1) is 8.66. The van der Waals surface area contributed by atoms with E-state index in [9.17, 15) is 28.7 Å². The van der Waals surface area contributed by atoms with Crippen molar-refractivity contribution in [1.82, 2.24) is 9.38 Å². The lowest BCUT2D eigenvalue weighted by Gasteiger charge is -2.14. The Morgan fingerprint density at radius 2 is 1.79 bits per heavy atom. The maximum absolute atomic E-state index is 11.5. The summed E-state index contributed by atoms with van der Waals surface area (Å²) >= 11 is 0. The van der Waals surface area contributed by atoms with E-state index in [0.717, 1.165) is 10.6 Å². The van der Waals surface area contributed by atoms with Crippen LogP contribution in [0.1, 0.15) is 0 Å². The second-order valence-electron chi connectivity index (χ2n) is 3.62. The molecular weight excluding hydrogens is 298 g/mol. The van der Waals surface area contributed by atoms with Crippen LogP contribution in [-0.4, -0.2) is 36.1 Å². The van der Waals surface area contributed by atoms with Crippen LogP contribution in [-0.2, 0) is 9.13 Å². The molecule has 2 rings (SSSR count). The number of aromatic nitrogens is 2. The predicted octanol–water partition coefficient (Wildman–Crippen LogP) is -1.05. The van der Waals surface area contributed by atoms with Gasteiger partial charge in [0, 0.05) is 0 Å². The molecule has 9 nitrogen and oxygen atoms in total. The minimum absolute atomic E-state index is 0.00236. The molecule has 0 bridgehead atoms. The summed E-state index contributed by atoms with van der Waals surface area (Å²) < 4.78 is 28.4. The first kappa shape index (κ1) is 14.2. The number of rotatable bonds is 3. The van der Waals surface area contributed by atoms with Gasteiger partial charge in [-0.3, -0.25) is 13.5 Å². The van der Waals surface area contributed by atoms with E-state index in [1.165, 1.54) is 19.2 Å². The fourth-order valence-corrected chi connectivity index (χ4v) is 3.34. The van der Waals surface area contributed by atoms with Gasteiger partial charge < -0.3 is 24.3 Å². The number of pyridine rings is 1. The molecule has 2 heterocycles. The molecule has 0 amide bonds. The number of fused-ring (bicyclic) bond motifs is 1. The fraction of sp³-hybridized carbons (Fsp3) is 0.125. The molecule has 4 N–H and O–H groups in total. The van der Waals surface area contributed by atoms with E-state index in [-0.39, 0.29) is 11.4 Å². The topological polar surface area (TPSA) is 142 Å². The van der Waals surface area contributed by atoms with E-state index >= 15 is 0 Å². The average Bonchev–Trinajstić information content (AvgIpc) is 2.68. The van der Waals surface area contributed by atoms with Gasteiger partial charge in [-0.05, 0) is 12.1 Å². The molecular formula is C8H10N2O7P2. The SMILES string of the molecule is COc1ccc2ncc(P(=O)(O)O)n2c1P(=O)(O)O. The van der Waals surface area contributed by atoms with Crippen LogP contribution < -0.4 is 15.6 Å². The summed E-state index contributed by atoms with van der Waals surface area (Å²) in [7, 11) is -8.38. The van der Waals surface area contributed by atoms with Crippen LogP contribution in [0.5, 0.6) is 5.75 Å². The number of methoxy groups -OCH3 is 1. The molecule has 0 atom stereocenters. The van der Waals surface area contributed by atoms with Gasteiger partial charge in [0.15, 0.2) is 16.6 Å². The number of hydrogen-bond acceptors (Lipinski definition) is 4. The van der Waals surface area contributed by atoms with E-state index in [4.69, 9.17) is 4.74 Å². The summed E-state index contributed by atoms with van der Waals surface area (Å²) in [5.41, 5.74) is -1.26. The first-order valence-corrected chi connectivity index (χ1v) is 8.05. The quantitative estimate of drug-likeness (QED) is 0.526. The third-order valence-corrected chi connectivity index (χ3v) is 4.27. The van der Waals surface area contributed by atoms with Crippen LogP contribution >= 0.6 is 15.2 Å². The van der Waals surface area contributed by atoms with Crippen LogP contribution in [0.25, 0.3) is 5.65 Å². The molecule has 2 aromatic heterocycles. The molecule has 0 saturated heterocycles.